The van der Waals surface area contributed by atoms with Crippen molar-refractivity contribution in [3.63, 3.8) is 0 Å². The fourth-order valence-corrected chi connectivity index (χ4v) is 4.95. The van der Waals surface area contributed by atoms with Crippen molar-refractivity contribution in [1.29, 1.82) is 0 Å². The van der Waals surface area contributed by atoms with Gasteiger partial charge in [-0.25, -0.2) is 13.1 Å². The minimum atomic E-state index is -3.55. The molecule has 0 aromatic heterocycles. The fourth-order valence-electron chi connectivity index (χ4n) is 3.89. The highest BCUT2D eigenvalue weighted by atomic mass is 32.2. The molecule has 1 atom stereocenters. The molecule has 0 fully saturated rings. The monoisotopic (exact) mass is 418 g/mol. The van der Waals surface area contributed by atoms with Crippen LogP contribution in [0.5, 0.6) is 0 Å². The van der Waals surface area contributed by atoms with Crippen LogP contribution in [0, 0.1) is 0 Å². The number of sulfonamides is 1. The molecule has 30 heavy (non-hydrogen) atoms. The van der Waals surface area contributed by atoms with Gasteiger partial charge < -0.3 is 0 Å². The van der Waals surface area contributed by atoms with Crippen LogP contribution >= 0.6 is 0 Å². The molecule has 4 nitrogen and oxygen atoms in total. The van der Waals surface area contributed by atoms with Gasteiger partial charge in [0, 0.05) is 25.7 Å². The van der Waals surface area contributed by atoms with Crippen molar-refractivity contribution in [3.05, 3.63) is 108 Å². The van der Waals surface area contributed by atoms with Gasteiger partial charge in [-0.2, -0.15) is 0 Å². The smallest absolute Gasteiger partial charge is 0.240 e. The first-order chi connectivity index (χ1) is 14.6. The number of hydrogen-bond donors (Lipinski definition) is 1. The average molecular weight is 419 g/mol. The maximum Gasteiger partial charge on any atom is 0.240 e. The van der Waals surface area contributed by atoms with Crippen molar-refractivity contribution in [2.75, 3.05) is 19.6 Å². The van der Waals surface area contributed by atoms with Gasteiger partial charge in [0.25, 0.3) is 0 Å². The third-order valence-corrected chi connectivity index (χ3v) is 6.97. The molecule has 0 bridgehead atoms. The van der Waals surface area contributed by atoms with Crippen molar-refractivity contribution in [2.45, 2.75) is 17.4 Å². The maximum atomic E-state index is 12.7. The number of nitrogens with zero attached hydrogens (tertiary/aromatic N) is 1. The van der Waals surface area contributed by atoms with E-state index in [0.717, 1.165) is 25.1 Å². The van der Waals surface area contributed by atoms with Gasteiger partial charge in [0.1, 0.15) is 0 Å². The summed E-state index contributed by atoms with van der Waals surface area (Å²) in [5.41, 5.74) is 3.73. The molecule has 0 radical (unpaired) electrons. The molecule has 0 saturated heterocycles. The summed E-state index contributed by atoms with van der Waals surface area (Å²) in [7, 11) is -3.55. The number of nitrogens with one attached hydrogen (secondary N) is 1. The van der Waals surface area contributed by atoms with E-state index in [4.69, 9.17) is 0 Å². The Kier molecular flexibility index (Phi) is 6.43. The average Bonchev–Trinajstić information content (AvgIpc) is 2.81. The van der Waals surface area contributed by atoms with E-state index in [1.807, 2.05) is 30.3 Å². The summed E-state index contributed by atoms with van der Waals surface area (Å²) in [4.78, 5) is 2.64. The Morgan fingerprint density at radius 2 is 1.43 bits per heavy atom. The normalized spacial score (nSPS) is 16.1. The SMILES string of the molecule is O=S(=O)(NCC(c1ccccc1)N1CC=C(c2ccccc2)CC1)c1ccccc1. The van der Waals surface area contributed by atoms with E-state index in [-0.39, 0.29) is 6.04 Å². The second kappa shape index (κ2) is 9.39. The first-order valence-electron chi connectivity index (χ1n) is 10.2. The van der Waals surface area contributed by atoms with Gasteiger partial charge in [-0.1, -0.05) is 84.9 Å². The Hall–Kier alpha value is -2.73. The number of rotatable bonds is 7. The minimum absolute atomic E-state index is 0.0294. The Labute approximate surface area is 178 Å². The lowest BCUT2D eigenvalue weighted by atomic mass is 9.97. The Bertz CT molecular complexity index is 1080. The topological polar surface area (TPSA) is 49.4 Å². The summed E-state index contributed by atoms with van der Waals surface area (Å²) in [5, 5.41) is 0. The Morgan fingerprint density at radius 1 is 0.833 bits per heavy atom. The highest BCUT2D eigenvalue weighted by molar-refractivity contribution is 7.89. The molecule has 1 unspecified atom stereocenters. The molecule has 1 aliphatic heterocycles. The molecule has 154 valence electrons. The van der Waals surface area contributed by atoms with Crippen molar-refractivity contribution in [2.24, 2.45) is 0 Å². The van der Waals surface area contributed by atoms with Gasteiger partial charge in [0.2, 0.25) is 10.0 Å². The molecule has 3 aromatic rings. The summed E-state index contributed by atoms with van der Waals surface area (Å²) in [5.74, 6) is 0. The van der Waals surface area contributed by atoms with Crippen LogP contribution in [0.4, 0.5) is 0 Å². The van der Waals surface area contributed by atoms with E-state index in [1.165, 1.54) is 11.1 Å². The summed E-state index contributed by atoms with van der Waals surface area (Å²) >= 11 is 0. The van der Waals surface area contributed by atoms with Crippen LogP contribution in [0.1, 0.15) is 23.6 Å². The van der Waals surface area contributed by atoms with Gasteiger partial charge in [0.15, 0.2) is 0 Å². The highest BCUT2D eigenvalue weighted by Crippen LogP contribution is 2.28. The van der Waals surface area contributed by atoms with Gasteiger partial charge in [-0.05, 0) is 35.3 Å². The molecule has 1 heterocycles. The van der Waals surface area contributed by atoms with Crippen molar-refractivity contribution in [3.8, 4) is 0 Å². The first-order valence-corrected chi connectivity index (χ1v) is 11.7. The zero-order valence-corrected chi connectivity index (χ0v) is 17.6. The summed E-state index contributed by atoms with van der Waals surface area (Å²) in [6.07, 6.45) is 3.21. The Morgan fingerprint density at radius 3 is 2.03 bits per heavy atom. The van der Waals surface area contributed by atoms with Crippen molar-refractivity contribution in [1.82, 2.24) is 9.62 Å². The lowest BCUT2D eigenvalue weighted by molar-refractivity contribution is 0.219. The van der Waals surface area contributed by atoms with Gasteiger partial charge in [-0.15, -0.1) is 0 Å². The summed E-state index contributed by atoms with van der Waals surface area (Å²) < 4.78 is 28.3. The van der Waals surface area contributed by atoms with Crippen LogP contribution in [-0.2, 0) is 10.0 Å². The second-order valence-electron chi connectivity index (χ2n) is 7.43. The zero-order chi connectivity index (χ0) is 20.8. The molecule has 0 saturated carbocycles. The molecule has 3 aromatic carbocycles. The van der Waals surface area contributed by atoms with E-state index in [1.54, 1.807) is 24.3 Å². The van der Waals surface area contributed by atoms with Crippen LogP contribution < -0.4 is 4.72 Å². The first kappa shape index (κ1) is 20.5. The van der Waals surface area contributed by atoms with Crippen molar-refractivity contribution < 1.29 is 8.42 Å². The molecule has 0 aliphatic carbocycles. The largest absolute Gasteiger partial charge is 0.291 e. The van der Waals surface area contributed by atoms with Crippen molar-refractivity contribution >= 4 is 15.6 Å². The van der Waals surface area contributed by atoms with Gasteiger partial charge in [-0.3, -0.25) is 4.90 Å². The summed E-state index contributed by atoms with van der Waals surface area (Å²) in [6.45, 7) is 2.00. The van der Waals surface area contributed by atoms with E-state index >= 15 is 0 Å². The standard InChI is InChI=1S/C25H26N2O2S/c28-30(29,24-14-8-3-9-15-24)26-20-25(23-12-6-2-7-13-23)27-18-16-22(17-19-27)21-10-4-1-5-11-21/h1-16,25-26H,17-20H2. The molecular formula is C25H26N2O2S. The number of benzene rings is 3. The third kappa shape index (κ3) is 4.87. The maximum absolute atomic E-state index is 12.7. The lowest BCUT2D eigenvalue weighted by Gasteiger charge is -2.34. The molecular weight excluding hydrogens is 392 g/mol. The van der Waals surface area contributed by atoms with E-state index < -0.39 is 10.0 Å². The van der Waals surface area contributed by atoms with E-state index in [2.05, 4.69) is 52.1 Å². The predicted octanol–water partition coefficient (Wildman–Crippen LogP) is 4.50. The molecule has 0 spiro atoms. The second-order valence-corrected chi connectivity index (χ2v) is 9.20. The van der Waals surface area contributed by atoms with E-state index in [0.29, 0.717) is 11.4 Å². The van der Waals surface area contributed by atoms with Crippen LogP contribution in [0.15, 0.2) is 102 Å². The van der Waals surface area contributed by atoms with Gasteiger partial charge in [0.05, 0.1) is 4.90 Å². The third-order valence-electron chi connectivity index (χ3n) is 5.53. The summed E-state index contributed by atoms with van der Waals surface area (Å²) in [6, 6.07) is 29.1. The molecule has 4 rings (SSSR count). The molecule has 1 N–H and O–H groups in total. The zero-order valence-electron chi connectivity index (χ0n) is 16.8. The molecule has 1 aliphatic rings. The minimum Gasteiger partial charge on any atom is -0.291 e. The molecule has 5 heteroatoms. The number of hydrogen-bond acceptors (Lipinski definition) is 3. The fraction of sp³-hybridized carbons (Fsp3) is 0.200. The highest BCUT2D eigenvalue weighted by Gasteiger charge is 2.25. The van der Waals surface area contributed by atoms with Crippen LogP contribution in [-0.4, -0.2) is 33.0 Å². The van der Waals surface area contributed by atoms with Crippen LogP contribution in [0.25, 0.3) is 5.57 Å². The van der Waals surface area contributed by atoms with E-state index in [9.17, 15) is 8.42 Å². The Balaban J connectivity index is 1.52. The lowest BCUT2D eigenvalue weighted by Crippen LogP contribution is -2.40. The van der Waals surface area contributed by atoms with Gasteiger partial charge >= 0.3 is 0 Å². The predicted molar refractivity (Wildman–Crippen MR) is 121 cm³/mol. The molecule has 0 amide bonds. The quantitative estimate of drug-likeness (QED) is 0.615. The van der Waals surface area contributed by atoms with Crippen LogP contribution in [0.3, 0.4) is 0 Å². The van der Waals surface area contributed by atoms with Crippen LogP contribution in [0.2, 0.25) is 0 Å².